The number of hydrogen-bond acceptors (Lipinski definition) is 4. The van der Waals surface area contributed by atoms with Gasteiger partial charge in [-0.25, -0.2) is 13.1 Å². The van der Waals surface area contributed by atoms with Crippen molar-refractivity contribution in [3.63, 3.8) is 0 Å². The van der Waals surface area contributed by atoms with Gasteiger partial charge in [0, 0.05) is 24.0 Å². The molecular weight excluding hydrogens is 344 g/mol. The first kappa shape index (κ1) is 19.3. The topological polar surface area (TPSA) is 66.5 Å². The molecule has 1 saturated heterocycles. The molecule has 24 heavy (non-hydrogen) atoms. The standard InChI is InChI=1S/C17H26N2O3S2/c1-12(2)18-24(21,22)14-5-6-16(23-4)15(11-14)17(20)19-9-7-13(3)8-10-19/h5-6,11-13,18H,7-10H2,1-4H3. The number of hydrogen-bond donors (Lipinski definition) is 1. The van der Waals surface area contributed by atoms with Gasteiger partial charge in [-0.2, -0.15) is 0 Å². The van der Waals surface area contributed by atoms with E-state index < -0.39 is 10.0 Å². The molecule has 1 fully saturated rings. The molecule has 0 aromatic heterocycles. The summed E-state index contributed by atoms with van der Waals surface area (Å²) in [7, 11) is -3.61. The van der Waals surface area contributed by atoms with Crippen LogP contribution in [-0.4, -0.2) is 44.6 Å². The van der Waals surface area contributed by atoms with Gasteiger partial charge in [0.05, 0.1) is 10.5 Å². The molecule has 1 N–H and O–H groups in total. The van der Waals surface area contributed by atoms with Gasteiger partial charge >= 0.3 is 0 Å². The van der Waals surface area contributed by atoms with E-state index in [4.69, 9.17) is 0 Å². The van der Waals surface area contributed by atoms with Crippen LogP contribution < -0.4 is 4.72 Å². The fourth-order valence-corrected chi connectivity index (χ4v) is 4.63. The predicted molar refractivity (Wildman–Crippen MR) is 98.0 cm³/mol. The van der Waals surface area contributed by atoms with Crippen LogP contribution in [0.2, 0.25) is 0 Å². The summed E-state index contributed by atoms with van der Waals surface area (Å²) in [5, 5.41) is 0. The first-order valence-electron chi connectivity index (χ1n) is 8.24. The smallest absolute Gasteiger partial charge is 0.255 e. The van der Waals surface area contributed by atoms with Crippen LogP contribution in [0.15, 0.2) is 28.0 Å². The van der Waals surface area contributed by atoms with Crippen LogP contribution in [0.1, 0.15) is 44.0 Å². The molecule has 0 unspecified atom stereocenters. The van der Waals surface area contributed by atoms with Gasteiger partial charge in [0.2, 0.25) is 10.0 Å². The van der Waals surface area contributed by atoms with Gasteiger partial charge in [-0.05, 0) is 57.1 Å². The number of nitrogens with zero attached hydrogens (tertiary/aromatic N) is 1. The highest BCUT2D eigenvalue weighted by molar-refractivity contribution is 7.98. The molecule has 0 radical (unpaired) electrons. The molecule has 5 nitrogen and oxygen atoms in total. The summed E-state index contributed by atoms with van der Waals surface area (Å²) >= 11 is 1.46. The third kappa shape index (κ3) is 4.52. The van der Waals surface area contributed by atoms with Crippen molar-refractivity contribution in [2.45, 2.75) is 49.4 Å². The number of carbonyl (C=O) groups is 1. The van der Waals surface area contributed by atoms with Crippen molar-refractivity contribution in [2.75, 3.05) is 19.3 Å². The minimum Gasteiger partial charge on any atom is -0.339 e. The van der Waals surface area contributed by atoms with E-state index in [2.05, 4.69) is 11.6 Å². The number of benzene rings is 1. The van der Waals surface area contributed by atoms with Gasteiger partial charge in [-0.15, -0.1) is 11.8 Å². The Labute approximate surface area is 149 Å². The van der Waals surface area contributed by atoms with Gasteiger partial charge in [-0.1, -0.05) is 6.92 Å². The van der Waals surface area contributed by atoms with Crippen LogP contribution in [0, 0.1) is 5.92 Å². The van der Waals surface area contributed by atoms with E-state index in [0.717, 1.165) is 30.8 Å². The molecule has 0 atom stereocenters. The Morgan fingerprint density at radius 2 is 1.92 bits per heavy atom. The van der Waals surface area contributed by atoms with Crippen molar-refractivity contribution < 1.29 is 13.2 Å². The highest BCUT2D eigenvalue weighted by atomic mass is 32.2. The lowest BCUT2D eigenvalue weighted by Gasteiger charge is -2.30. The van der Waals surface area contributed by atoms with E-state index in [1.165, 1.54) is 17.8 Å². The van der Waals surface area contributed by atoms with E-state index >= 15 is 0 Å². The number of thioether (sulfide) groups is 1. The zero-order chi connectivity index (χ0) is 17.9. The number of rotatable bonds is 5. The van der Waals surface area contributed by atoms with E-state index in [-0.39, 0.29) is 16.8 Å². The highest BCUT2D eigenvalue weighted by Gasteiger charge is 2.25. The van der Waals surface area contributed by atoms with E-state index in [1.54, 1.807) is 26.0 Å². The molecule has 0 spiro atoms. The molecule has 1 aromatic rings. The van der Waals surface area contributed by atoms with Crippen LogP contribution in [-0.2, 0) is 10.0 Å². The van der Waals surface area contributed by atoms with Gasteiger partial charge in [0.15, 0.2) is 0 Å². The molecule has 1 aromatic carbocycles. The number of sulfonamides is 1. The third-order valence-corrected chi connectivity index (χ3v) is 6.63. The summed E-state index contributed by atoms with van der Waals surface area (Å²) in [4.78, 5) is 15.7. The average molecular weight is 371 g/mol. The maximum atomic E-state index is 12.9. The lowest BCUT2D eigenvalue weighted by Crippen LogP contribution is -2.38. The molecule has 2 rings (SSSR count). The van der Waals surface area contributed by atoms with Crippen LogP contribution in [0.5, 0.6) is 0 Å². The van der Waals surface area contributed by atoms with Crippen molar-refractivity contribution in [1.82, 2.24) is 9.62 Å². The lowest BCUT2D eigenvalue weighted by atomic mass is 9.98. The first-order valence-corrected chi connectivity index (χ1v) is 10.9. The SMILES string of the molecule is CSc1ccc(S(=O)(=O)NC(C)C)cc1C(=O)N1CCC(C)CC1. The number of likely N-dealkylation sites (tertiary alicyclic amines) is 1. The fourth-order valence-electron chi connectivity index (χ4n) is 2.78. The van der Waals surface area contributed by atoms with Gasteiger partial charge < -0.3 is 4.90 Å². The van der Waals surface area contributed by atoms with Crippen LogP contribution >= 0.6 is 11.8 Å². The fraction of sp³-hybridized carbons (Fsp3) is 0.588. The Balaban J connectivity index is 2.34. The molecule has 1 amide bonds. The number of piperidine rings is 1. The molecule has 0 saturated carbocycles. The summed E-state index contributed by atoms with van der Waals surface area (Å²) in [5.74, 6) is 0.559. The van der Waals surface area contributed by atoms with E-state index in [9.17, 15) is 13.2 Å². The molecule has 134 valence electrons. The van der Waals surface area contributed by atoms with Crippen LogP contribution in [0.4, 0.5) is 0 Å². The molecular formula is C17H26N2O3S2. The summed E-state index contributed by atoms with van der Waals surface area (Å²) in [6.45, 7) is 7.20. The maximum Gasteiger partial charge on any atom is 0.255 e. The second-order valence-electron chi connectivity index (χ2n) is 6.61. The molecule has 1 aliphatic rings. The molecule has 7 heteroatoms. The number of carbonyl (C=O) groups excluding carboxylic acids is 1. The van der Waals surface area contributed by atoms with Crippen molar-refractivity contribution >= 4 is 27.7 Å². The third-order valence-electron chi connectivity index (χ3n) is 4.17. The quantitative estimate of drug-likeness (QED) is 0.809. The maximum absolute atomic E-state index is 12.9. The van der Waals surface area contributed by atoms with Crippen molar-refractivity contribution in [2.24, 2.45) is 5.92 Å². The predicted octanol–water partition coefficient (Wildman–Crippen LogP) is 2.97. The lowest BCUT2D eigenvalue weighted by molar-refractivity contribution is 0.0693. The van der Waals surface area contributed by atoms with Crippen LogP contribution in [0.3, 0.4) is 0 Å². The number of amides is 1. The summed E-state index contributed by atoms with van der Waals surface area (Å²) in [5.41, 5.74) is 0.476. The van der Waals surface area contributed by atoms with Crippen molar-refractivity contribution in [3.05, 3.63) is 23.8 Å². The van der Waals surface area contributed by atoms with Crippen molar-refractivity contribution in [1.29, 1.82) is 0 Å². The second kappa shape index (κ2) is 7.89. The Morgan fingerprint density at radius 1 is 1.29 bits per heavy atom. The minimum atomic E-state index is -3.61. The van der Waals surface area contributed by atoms with Crippen LogP contribution in [0.25, 0.3) is 0 Å². The molecule has 0 aliphatic carbocycles. The average Bonchev–Trinajstić information content (AvgIpc) is 2.53. The van der Waals surface area contributed by atoms with Gasteiger partial charge in [-0.3, -0.25) is 4.79 Å². The molecule has 1 aliphatic heterocycles. The molecule has 0 bridgehead atoms. The Kier molecular flexibility index (Phi) is 6.33. The highest BCUT2D eigenvalue weighted by Crippen LogP contribution is 2.27. The zero-order valence-electron chi connectivity index (χ0n) is 14.7. The Bertz CT molecular complexity index is 694. The van der Waals surface area contributed by atoms with E-state index in [0.29, 0.717) is 11.5 Å². The normalized spacial score (nSPS) is 16.6. The zero-order valence-corrected chi connectivity index (χ0v) is 16.3. The Morgan fingerprint density at radius 3 is 2.46 bits per heavy atom. The summed E-state index contributed by atoms with van der Waals surface area (Å²) < 4.78 is 27.4. The second-order valence-corrected chi connectivity index (χ2v) is 9.17. The minimum absolute atomic E-state index is 0.0761. The largest absolute Gasteiger partial charge is 0.339 e. The first-order chi connectivity index (χ1) is 11.2. The van der Waals surface area contributed by atoms with Gasteiger partial charge in [0.1, 0.15) is 0 Å². The van der Waals surface area contributed by atoms with E-state index in [1.807, 2.05) is 11.2 Å². The van der Waals surface area contributed by atoms with Gasteiger partial charge in [0.25, 0.3) is 5.91 Å². The number of nitrogens with one attached hydrogen (secondary N) is 1. The molecule has 1 heterocycles. The monoisotopic (exact) mass is 370 g/mol. The van der Waals surface area contributed by atoms with Crippen molar-refractivity contribution in [3.8, 4) is 0 Å². The summed E-state index contributed by atoms with van der Waals surface area (Å²) in [6.07, 6.45) is 3.88. The summed E-state index contributed by atoms with van der Waals surface area (Å²) in [6, 6.07) is 4.60. The Hall–Kier alpha value is -1.05.